The third-order valence-electron chi connectivity index (χ3n) is 6.53. The number of carbonyl (C=O) groups is 2. The van der Waals surface area contributed by atoms with Crippen LogP contribution in [0.15, 0.2) is 36.4 Å². The van der Waals surface area contributed by atoms with Crippen molar-refractivity contribution >= 4 is 22.7 Å². The molecule has 0 saturated heterocycles. The van der Waals surface area contributed by atoms with E-state index in [2.05, 4.69) is 6.07 Å². The van der Waals surface area contributed by atoms with Gasteiger partial charge in [0.25, 0.3) is 0 Å². The molecule has 2 aromatic carbocycles. The van der Waals surface area contributed by atoms with Gasteiger partial charge in [-0.1, -0.05) is 53.7 Å². The van der Waals surface area contributed by atoms with Crippen molar-refractivity contribution in [3.8, 4) is 6.07 Å². The van der Waals surface area contributed by atoms with Gasteiger partial charge in [0.2, 0.25) is 0 Å². The van der Waals surface area contributed by atoms with E-state index >= 15 is 0 Å². The lowest BCUT2D eigenvalue weighted by atomic mass is 9.55. The molecule has 33 heavy (non-hydrogen) atoms. The van der Waals surface area contributed by atoms with Crippen LogP contribution in [0, 0.1) is 27.6 Å². The van der Waals surface area contributed by atoms with Gasteiger partial charge in [0.1, 0.15) is 13.2 Å². The highest BCUT2D eigenvalue weighted by Gasteiger charge is 2.53. The van der Waals surface area contributed by atoms with Crippen LogP contribution in [-0.2, 0) is 19.0 Å². The molecule has 6 heteroatoms. The second kappa shape index (κ2) is 10.4. The molecule has 0 saturated carbocycles. The van der Waals surface area contributed by atoms with Crippen molar-refractivity contribution in [3.63, 3.8) is 0 Å². The second-order valence-electron chi connectivity index (χ2n) is 10.4. The topological polar surface area (TPSA) is 85.6 Å². The Morgan fingerprint density at radius 3 is 1.91 bits per heavy atom. The van der Waals surface area contributed by atoms with Gasteiger partial charge < -0.3 is 14.2 Å². The summed E-state index contributed by atoms with van der Waals surface area (Å²) in [6.07, 6.45) is 0. The van der Waals surface area contributed by atoms with Crippen molar-refractivity contribution in [2.24, 2.45) is 16.2 Å². The van der Waals surface area contributed by atoms with Crippen molar-refractivity contribution in [2.45, 2.75) is 48.5 Å². The Morgan fingerprint density at radius 1 is 0.788 bits per heavy atom. The van der Waals surface area contributed by atoms with E-state index in [1.54, 1.807) is 36.4 Å². The molecule has 0 bridgehead atoms. The minimum Gasteiger partial charge on any atom is -0.463 e. The fourth-order valence-corrected chi connectivity index (χ4v) is 3.90. The number of hydrogen-bond donors (Lipinski definition) is 0. The van der Waals surface area contributed by atoms with E-state index in [1.165, 1.54) is 0 Å². The Morgan fingerprint density at radius 2 is 1.33 bits per heavy atom. The quantitative estimate of drug-likeness (QED) is 0.386. The molecule has 0 aliphatic rings. The zero-order valence-electron chi connectivity index (χ0n) is 20.8. The third kappa shape index (κ3) is 6.11. The summed E-state index contributed by atoms with van der Waals surface area (Å²) in [7, 11) is 0. The number of carbonyl (C=O) groups excluding carboxylic acids is 2. The first-order chi connectivity index (χ1) is 15.3. The number of fused-ring (bicyclic) bond motifs is 1. The van der Waals surface area contributed by atoms with Gasteiger partial charge >= 0.3 is 11.9 Å². The molecule has 0 aliphatic heterocycles. The largest absolute Gasteiger partial charge is 0.463 e. The minimum absolute atomic E-state index is 0.0971. The highest BCUT2D eigenvalue weighted by Crippen LogP contribution is 2.52. The smallest absolute Gasteiger partial charge is 0.338 e. The summed E-state index contributed by atoms with van der Waals surface area (Å²) in [5.41, 5.74) is -0.186. The summed E-state index contributed by atoms with van der Waals surface area (Å²) in [6.45, 7) is 14.9. The summed E-state index contributed by atoms with van der Waals surface area (Å²) >= 11 is 0. The number of hydrogen-bond acceptors (Lipinski definition) is 6. The Balaban J connectivity index is 1.76. The molecule has 0 aliphatic carbocycles. The van der Waals surface area contributed by atoms with Gasteiger partial charge in [-0.05, 0) is 52.8 Å². The van der Waals surface area contributed by atoms with E-state index in [-0.39, 0.29) is 43.2 Å². The first kappa shape index (κ1) is 26.3. The van der Waals surface area contributed by atoms with Crippen LogP contribution in [0.25, 0.3) is 10.8 Å². The Bertz CT molecular complexity index is 1020. The molecule has 2 rings (SSSR count). The van der Waals surface area contributed by atoms with Gasteiger partial charge in [-0.2, -0.15) is 5.26 Å². The minimum atomic E-state index is -0.661. The lowest BCUT2D eigenvalue weighted by Crippen LogP contribution is -2.51. The molecular weight excluding hydrogens is 418 g/mol. The van der Waals surface area contributed by atoms with Gasteiger partial charge in [0.05, 0.1) is 35.8 Å². The molecule has 0 fully saturated rings. The lowest BCUT2D eigenvalue weighted by molar-refractivity contribution is -0.174. The average Bonchev–Trinajstić information content (AvgIpc) is 2.75. The van der Waals surface area contributed by atoms with E-state index in [0.29, 0.717) is 11.1 Å². The first-order valence-corrected chi connectivity index (χ1v) is 11.2. The molecule has 0 atom stereocenters. The molecule has 0 aromatic heterocycles. The predicted octanol–water partition coefficient (Wildman–Crippen LogP) is 5.53. The summed E-state index contributed by atoms with van der Waals surface area (Å²) < 4.78 is 16.3. The van der Waals surface area contributed by atoms with Crippen LogP contribution in [-0.4, -0.2) is 38.4 Å². The molecule has 0 unspecified atom stereocenters. The standard InChI is InChI=1S/C27H35NO5/c1-25(2,3)27(7,26(4,5)6)24(30)33-15-13-31-12-14-32-23(29)22-11-10-20-16-19(18-28)8-9-21(20)17-22/h8-11,16-17H,12-15H2,1-7H3. The van der Waals surface area contributed by atoms with Crippen molar-refractivity contribution in [1.29, 1.82) is 5.26 Å². The Labute approximate surface area is 196 Å². The lowest BCUT2D eigenvalue weighted by Gasteiger charge is -2.48. The highest BCUT2D eigenvalue weighted by atomic mass is 16.6. The first-order valence-electron chi connectivity index (χ1n) is 11.2. The van der Waals surface area contributed by atoms with Crippen LogP contribution in [0.5, 0.6) is 0 Å². The normalized spacial score (nSPS) is 12.3. The van der Waals surface area contributed by atoms with Crippen molar-refractivity contribution in [3.05, 3.63) is 47.5 Å². The van der Waals surface area contributed by atoms with E-state index < -0.39 is 11.4 Å². The molecule has 0 amide bonds. The van der Waals surface area contributed by atoms with Gasteiger partial charge in [-0.3, -0.25) is 4.79 Å². The summed E-state index contributed by atoms with van der Waals surface area (Å²) in [5.74, 6) is -0.682. The number of nitrogens with zero attached hydrogens (tertiary/aromatic N) is 1. The molecule has 0 radical (unpaired) electrons. The van der Waals surface area contributed by atoms with Crippen LogP contribution in [0.1, 0.15) is 64.4 Å². The van der Waals surface area contributed by atoms with E-state index in [1.807, 2.05) is 48.5 Å². The summed E-state index contributed by atoms with van der Waals surface area (Å²) in [5, 5.41) is 10.7. The number of nitriles is 1. The fraction of sp³-hybridized carbons (Fsp3) is 0.519. The average molecular weight is 454 g/mol. The number of benzene rings is 2. The van der Waals surface area contributed by atoms with Gasteiger partial charge in [0, 0.05) is 0 Å². The molecule has 0 spiro atoms. The molecule has 0 heterocycles. The Kier molecular flexibility index (Phi) is 8.26. The van der Waals surface area contributed by atoms with Gasteiger partial charge in [-0.15, -0.1) is 0 Å². The SMILES string of the molecule is CC(C)(C)C(C)(C(=O)OCCOCCOC(=O)c1ccc2cc(C#N)ccc2c1)C(C)(C)C. The van der Waals surface area contributed by atoms with Gasteiger partial charge in [0.15, 0.2) is 0 Å². The molecule has 2 aromatic rings. The number of ether oxygens (including phenoxy) is 3. The molecule has 6 nitrogen and oxygen atoms in total. The van der Waals surface area contributed by atoms with Crippen LogP contribution < -0.4 is 0 Å². The third-order valence-corrected chi connectivity index (χ3v) is 6.53. The van der Waals surface area contributed by atoms with E-state index in [0.717, 1.165) is 10.8 Å². The predicted molar refractivity (Wildman–Crippen MR) is 128 cm³/mol. The van der Waals surface area contributed by atoms with Crippen molar-refractivity contribution < 1.29 is 23.8 Å². The van der Waals surface area contributed by atoms with E-state index in [9.17, 15) is 9.59 Å². The van der Waals surface area contributed by atoms with E-state index in [4.69, 9.17) is 19.5 Å². The van der Waals surface area contributed by atoms with Crippen LogP contribution in [0.2, 0.25) is 0 Å². The number of esters is 2. The highest BCUT2D eigenvalue weighted by molar-refractivity contribution is 5.95. The maximum atomic E-state index is 12.9. The van der Waals surface area contributed by atoms with Crippen LogP contribution >= 0.6 is 0 Å². The van der Waals surface area contributed by atoms with Crippen LogP contribution in [0.4, 0.5) is 0 Å². The summed E-state index contributed by atoms with van der Waals surface area (Å²) in [4.78, 5) is 25.1. The zero-order valence-corrected chi connectivity index (χ0v) is 20.8. The molecule has 0 N–H and O–H groups in total. The second-order valence-corrected chi connectivity index (χ2v) is 10.4. The van der Waals surface area contributed by atoms with Crippen molar-refractivity contribution in [1.82, 2.24) is 0 Å². The maximum absolute atomic E-state index is 12.9. The Hall–Kier alpha value is -2.91. The fourth-order valence-electron chi connectivity index (χ4n) is 3.90. The zero-order chi connectivity index (χ0) is 24.9. The molecule has 178 valence electrons. The molecular formula is C27H35NO5. The monoisotopic (exact) mass is 453 g/mol. The summed E-state index contributed by atoms with van der Waals surface area (Å²) in [6, 6.07) is 12.6. The number of rotatable bonds is 8. The van der Waals surface area contributed by atoms with Crippen molar-refractivity contribution in [2.75, 3.05) is 26.4 Å². The maximum Gasteiger partial charge on any atom is 0.338 e. The van der Waals surface area contributed by atoms with Crippen LogP contribution in [0.3, 0.4) is 0 Å². The van der Waals surface area contributed by atoms with Gasteiger partial charge in [-0.25, -0.2) is 4.79 Å².